The van der Waals surface area contributed by atoms with Crippen LogP contribution >= 0.6 is 0 Å². The average molecular weight is 389 g/mol. The number of hydrogen-bond acceptors (Lipinski definition) is 1. The SMILES string of the molecule is [3H]c1cccc(Oc2ccc([B]C)cc2C)c1.[Y].[Y]. The molecule has 0 atom stereocenters. The molecule has 0 heterocycles. The zero-order chi connectivity index (χ0) is 12.3. The molecule has 0 aliphatic rings. The van der Waals surface area contributed by atoms with Crippen LogP contribution in [0.3, 0.4) is 0 Å². The van der Waals surface area contributed by atoms with Crippen molar-refractivity contribution in [3.8, 4) is 11.5 Å². The Morgan fingerprint density at radius 2 is 1.89 bits per heavy atom. The van der Waals surface area contributed by atoms with E-state index in [4.69, 9.17) is 6.11 Å². The molecule has 2 rings (SSSR count). The van der Waals surface area contributed by atoms with Gasteiger partial charge in [0.25, 0.3) is 0 Å². The molecule has 0 aromatic heterocycles. The molecule has 2 aromatic carbocycles. The van der Waals surface area contributed by atoms with Crippen molar-refractivity contribution in [3.63, 3.8) is 0 Å². The standard InChI is InChI=1S/C14H14BO.2Y/c1-11-10-12(15-2)8-9-14(11)16-13-6-4-3-5-7-13;;/h3-10H,1-2H3;;/i4T;;. The second-order valence-corrected chi connectivity index (χ2v) is 3.65. The Morgan fingerprint density at radius 3 is 2.50 bits per heavy atom. The molecule has 0 aliphatic carbocycles. The van der Waals surface area contributed by atoms with Crippen LogP contribution in [0.4, 0.5) is 0 Å². The molecule has 4 heteroatoms. The predicted octanol–water partition coefficient (Wildman–Crippen LogP) is 3.16. The van der Waals surface area contributed by atoms with Crippen molar-refractivity contribution >= 4 is 12.7 Å². The van der Waals surface area contributed by atoms with Gasteiger partial charge in [0, 0.05) is 65.4 Å². The van der Waals surface area contributed by atoms with Crippen LogP contribution in [-0.2, 0) is 65.4 Å². The molecule has 85 valence electrons. The van der Waals surface area contributed by atoms with Crippen molar-refractivity contribution in [1.82, 2.24) is 0 Å². The molecule has 0 amide bonds. The summed E-state index contributed by atoms with van der Waals surface area (Å²) in [7, 11) is 2.06. The minimum Gasteiger partial charge on any atom is -0.457 e. The summed E-state index contributed by atoms with van der Waals surface area (Å²) in [5.41, 5.74) is 2.28. The summed E-state index contributed by atoms with van der Waals surface area (Å²) in [6, 6.07) is 13.6. The van der Waals surface area contributed by atoms with Crippen LogP contribution in [0.2, 0.25) is 6.82 Å². The van der Waals surface area contributed by atoms with E-state index in [1.165, 1.54) is 5.46 Å². The molecule has 0 fully saturated rings. The molecule has 18 heavy (non-hydrogen) atoms. The fourth-order valence-electron chi connectivity index (χ4n) is 1.53. The van der Waals surface area contributed by atoms with E-state index in [9.17, 15) is 0 Å². The molecular weight excluding hydrogens is 373 g/mol. The summed E-state index contributed by atoms with van der Waals surface area (Å²) >= 11 is 0. The first-order chi connectivity index (χ1) is 8.19. The van der Waals surface area contributed by atoms with Gasteiger partial charge in [-0.05, 0) is 30.7 Å². The molecule has 0 spiro atoms. The number of aryl methyl sites for hydroxylation is 1. The van der Waals surface area contributed by atoms with Gasteiger partial charge in [0.05, 0.1) is 1.37 Å². The number of para-hydroxylation sites is 1. The van der Waals surface area contributed by atoms with Crippen molar-refractivity contribution in [1.29, 1.82) is 0 Å². The van der Waals surface area contributed by atoms with E-state index in [0.29, 0.717) is 11.8 Å². The Labute approximate surface area is 161 Å². The first-order valence-corrected chi connectivity index (χ1v) is 5.33. The summed E-state index contributed by atoms with van der Waals surface area (Å²) in [4.78, 5) is 0. The molecule has 0 saturated heterocycles. The van der Waals surface area contributed by atoms with E-state index < -0.39 is 0 Å². The Hall–Kier alpha value is 0.513. The summed E-state index contributed by atoms with van der Waals surface area (Å²) in [6.07, 6.45) is 0. The minimum absolute atomic E-state index is 0. The van der Waals surface area contributed by atoms with Gasteiger partial charge in [-0.15, -0.1) is 0 Å². The molecule has 3 radical (unpaired) electrons. The molecule has 0 unspecified atom stereocenters. The van der Waals surface area contributed by atoms with Gasteiger partial charge in [-0.3, -0.25) is 0 Å². The van der Waals surface area contributed by atoms with Crippen molar-refractivity contribution in [2.45, 2.75) is 13.7 Å². The van der Waals surface area contributed by atoms with E-state index in [2.05, 4.69) is 13.3 Å². The smallest absolute Gasteiger partial charge is 0.148 e. The van der Waals surface area contributed by atoms with E-state index in [1.54, 1.807) is 12.1 Å². The minimum atomic E-state index is 0. The Kier molecular flexibility index (Phi) is 8.67. The molecule has 0 N–H and O–H groups in total. The van der Waals surface area contributed by atoms with Crippen LogP contribution in [0.5, 0.6) is 11.5 Å². The molecular formula is C14H14BOY2. The maximum atomic E-state index is 7.53. The van der Waals surface area contributed by atoms with Gasteiger partial charge in [0.1, 0.15) is 18.8 Å². The van der Waals surface area contributed by atoms with Crippen molar-refractivity contribution < 1.29 is 71.5 Å². The van der Waals surface area contributed by atoms with Gasteiger partial charge >= 0.3 is 0 Å². The predicted molar refractivity (Wildman–Crippen MR) is 68.9 cm³/mol. The largest absolute Gasteiger partial charge is 0.457 e. The van der Waals surface area contributed by atoms with Crippen molar-refractivity contribution in [3.05, 3.63) is 54.1 Å². The maximum Gasteiger partial charge on any atom is 0.148 e. The molecule has 0 saturated carbocycles. The Bertz CT molecular complexity index is 535. The van der Waals surface area contributed by atoms with Gasteiger partial charge in [0.15, 0.2) is 0 Å². The Morgan fingerprint density at radius 1 is 1.11 bits per heavy atom. The van der Waals surface area contributed by atoms with Gasteiger partial charge in [-0.25, -0.2) is 0 Å². The van der Waals surface area contributed by atoms with Crippen LogP contribution in [-0.4, -0.2) is 7.28 Å². The summed E-state index contributed by atoms with van der Waals surface area (Å²) in [5.74, 6) is 1.54. The third-order valence-electron chi connectivity index (χ3n) is 2.44. The van der Waals surface area contributed by atoms with Crippen LogP contribution in [0.1, 0.15) is 6.93 Å². The second kappa shape index (κ2) is 9.42. The van der Waals surface area contributed by atoms with E-state index >= 15 is 0 Å². The number of benzene rings is 2. The fraction of sp³-hybridized carbons (Fsp3) is 0.143. The van der Waals surface area contributed by atoms with E-state index in [0.717, 1.165) is 11.3 Å². The first kappa shape index (κ1) is 16.6. The molecule has 0 bridgehead atoms. The third kappa shape index (κ3) is 5.25. The van der Waals surface area contributed by atoms with Gasteiger partial charge < -0.3 is 4.74 Å². The van der Waals surface area contributed by atoms with Crippen LogP contribution in [0, 0.1) is 6.92 Å². The quantitative estimate of drug-likeness (QED) is 0.734. The third-order valence-corrected chi connectivity index (χ3v) is 2.44. The van der Waals surface area contributed by atoms with Crippen LogP contribution < -0.4 is 10.2 Å². The summed E-state index contributed by atoms with van der Waals surface area (Å²) in [6.45, 7) is 4.03. The van der Waals surface area contributed by atoms with Crippen LogP contribution in [0.25, 0.3) is 0 Å². The maximum absolute atomic E-state index is 7.53. The monoisotopic (exact) mass is 389 g/mol. The van der Waals surface area contributed by atoms with E-state index in [-0.39, 0.29) is 65.4 Å². The van der Waals surface area contributed by atoms with Gasteiger partial charge in [-0.1, -0.05) is 42.6 Å². The Balaban J connectivity index is 0.00000162. The number of hydrogen-bond donors (Lipinski definition) is 0. The van der Waals surface area contributed by atoms with Crippen molar-refractivity contribution in [2.24, 2.45) is 0 Å². The topological polar surface area (TPSA) is 9.23 Å². The van der Waals surface area contributed by atoms with Crippen LogP contribution in [0.15, 0.2) is 48.5 Å². The van der Waals surface area contributed by atoms with Gasteiger partial charge in [-0.2, -0.15) is 0 Å². The number of rotatable bonds is 3. The van der Waals surface area contributed by atoms with Crippen molar-refractivity contribution in [2.75, 3.05) is 0 Å². The van der Waals surface area contributed by atoms with Gasteiger partial charge in [0.2, 0.25) is 0 Å². The van der Waals surface area contributed by atoms with E-state index in [1.807, 2.05) is 38.0 Å². The number of ether oxygens (including phenoxy) is 1. The zero-order valence-corrected chi connectivity index (χ0v) is 16.4. The summed E-state index contributed by atoms with van der Waals surface area (Å²) in [5, 5.41) is 0. The summed E-state index contributed by atoms with van der Waals surface area (Å²) < 4.78 is 13.3. The molecule has 0 aliphatic heterocycles. The normalized spacial score (nSPS) is 9.56. The average Bonchev–Trinajstić information content (AvgIpc) is 2.32. The first-order valence-electron chi connectivity index (χ1n) is 5.83. The second-order valence-electron chi connectivity index (χ2n) is 3.65. The fourth-order valence-corrected chi connectivity index (χ4v) is 1.53. The molecule has 2 aromatic rings. The zero-order valence-electron chi connectivity index (χ0n) is 11.7. The molecule has 1 nitrogen and oxygen atoms in total.